The third-order valence-electron chi connectivity index (χ3n) is 5.50. The first kappa shape index (κ1) is 20.4. The molecule has 0 spiro atoms. The Morgan fingerprint density at radius 2 is 1.89 bits per heavy atom. The number of nitrogens with one attached hydrogen (secondary N) is 1. The van der Waals surface area contributed by atoms with Gasteiger partial charge in [-0.05, 0) is 28.8 Å². The summed E-state index contributed by atoms with van der Waals surface area (Å²) in [7, 11) is 1.88. The molecule has 6 heteroatoms. The molecule has 4 rings (SSSR count). The van der Waals surface area contributed by atoms with Crippen molar-refractivity contribution >= 4 is 40.7 Å². The minimum absolute atomic E-state index is 0. The van der Waals surface area contributed by atoms with Gasteiger partial charge in [0.1, 0.15) is 0 Å². The van der Waals surface area contributed by atoms with Gasteiger partial charge in [-0.15, -0.1) is 24.0 Å². The first-order chi connectivity index (χ1) is 12.8. The number of morpholine rings is 1. The van der Waals surface area contributed by atoms with Crippen molar-refractivity contribution in [3.8, 4) is 0 Å². The van der Waals surface area contributed by atoms with Gasteiger partial charge >= 0.3 is 0 Å². The summed E-state index contributed by atoms with van der Waals surface area (Å²) >= 11 is 0. The smallest absolute Gasteiger partial charge is 0.193 e. The number of hydrogen-bond acceptors (Lipinski definition) is 3. The van der Waals surface area contributed by atoms with E-state index in [1.54, 1.807) is 0 Å². The number of halogens is 1. The number of hydrogen-bond donors (Lipinski definition) is 1. The molecule has 0 aromatic heterocycles. The topological polar surface area (TPSA) is 40.1 Å². The molecular weight excluding hydrogens is 451 g/mol. The lowest BCUT2D eigenvalue weighted by Crippen LogP contribution is -2.46. The predicted molar refractivity (Wildman–Crippen MR) is 122 cm³/mol. The molecule has 2 heterocycles. The Hall–Kier alpha value is -1.38. The van der Waals surface area contributed by atoms with Gasteiger partial charge in [-0.1, -0.05) is 36.4 Å². The van der Waals surface area contributed by atoms with Gasteiger partial charge in [0.25, 0.3) is 0 Å². The third kappa shape index (κ3) is 4.92. The van der Waals surface area contributed by atoms with E-state index in [0.29, 0.717) is 6.04 Å². The van der Waals surface area contributed by atoms with Crippen molar-refractivity contribution in [2.75, 3.05) is 46.4 Å². The fourth-order valence-electron chi connectivity index (χ4n) is 4.04. The van der Waals surface area contributed by atoms with Gasteiger partial charge in [0, 0.05) is 45.8 Å². The van der Waals surface area contributed by atoms with Crippen molar-refractivity contribution in [2.24, 2.45) is 4.99 Å². The zero-order chi connectivity index (χ0) is 17.8. The normalized spacial score (nSPS) is 21.3. The number of ether oxygens (including phenoxy) is 1. The van der Waals surface area contributed by atoms with Gasteiger partial charge in [0.05, 0.1) is 13.2 Å². The summed E-state index contributed by atoms with van der Waals surface area (Å²) in [6, 6.07) is 15.8. The van der Waals surface area contributed by atoms with Crippen molar-refractivity contribution in [1.29, 1.82) is 0 Å². The molecule has 0 amide bonds. The number of aliphatic imine (C=N–C) groups is 1. The molecule has 1 unspecified atom stereocenters. The van der Waals surface area contributed by atoms with Crippen LogP contribution in [-0.2, 0) is 11.3 Å². The van der Waals surface area contributed by atoms with E-state index in [4.69, 9.17) is 4.74 Å². The van der Waals surface area contributed by atoms with Crippen molar-refractivity contribution in [3.05, 3.63) is 48.0 Å². The largest absolute Gasteiger partial charge is 0.379 e. The van der Waals surface area contributed by atoms with E-state index in [1.807, 2.05) is 7.05 Å². The van der Waals surface area contributed by atoms with Crippen LogP contribution in [0.4, 0.5) is 0 Å². The number of likely N-dealkylation sites (tertiary alicyclic amines) is 1. The van der Waals surface area contributed by atoms with Crippen LogP contribution in [0.5, 0.6) is 0 Å². The number of fused-ring (bicyclic) bond motifs is 1. The lowest BCUT2D eigenvalue weighted by Gasteiger charge is -2.32. The van der Waals surface area contributed by atoms with Crippen LogP contribution in [-0.4, -0.2) is 68.2 Å². The van der Waals surface area contributed by atoms with E-state index in [0.717, 1.165) is 51.9 Å². The van der Waals surface area contributed by atoms with Gasteiger partial charge in [-0.25, -0.2) is 0 Å². The highest BCUT2D eigenvalue weighted by atomic mass is 127. The van der Waals surface area contributed by atoms with Crippen molar-refractivity contribution in [1.82, 2.24) is 15.1 Å². The molecule has 2 aliphatic rings. The average molecular weight is 480 g/mol. The highest BCUT2D eigenvalue weighted by molar-refractivity contribution is 14.0. The number of nitrogens with zero attached hydrogens (tertiary/aromatic N) is 3. The average Bonchev–Trinajstić information content (AvgIpc) is 3.19. The second kappa shape index (κ2) is 9.71. The fraction of sp³-hybridized carbons (Fsp3) is 0.476. The van der Waals surface area contributed by atoms with Crippen LogP contribution in [0.2, 0.25) is 0 Å². The number of guanidine groups is 1. The zero-order valence-corrected chi connectivity index (χ0v) is 18.3. The SMILES string of the molecule is CN=C(NCc1ccc2ccccc2c1)N1CCC(N2CCOCC2)C1.I. The van der Waals surface area contributed by atoms with E-state index in [9.17, 15) is 0 Å². The zero-order valence-electron chi connectivity index (χ0n) is 15.9. The minimum Gasteiger partial charge on any atom is -0.379 e. The van der Waals surface area contributed by atoms with Crippen LogP contribution < -0.4 is 5.32 Å². The summed E-state index contributed by atoms with van der Waals surface area (Å²) in [5.41, 5.74) is 1.29. The number of rotatable bonds is 3. The molecule has 2 aromatic carbocycles. The predicted octanol–water partition coefficient (Wildman–Crippen LogP) is 2.94. The number of benzene rings is 2. The second-order valence-electron chi connectivity index (χ2n) is 7.12. The molecule has 5 nitrogen and oxygen atoms in total. The summed E-state index contributed by atoms with van der Waals surface area (Å²) in [6.45, 7) is 6.77. The highest BCUT2D eigenvalue weighted by Crippen LogP contribution is 2.18. The van der Waals surface area contributed by atoms with Gasteiger partial charge < -0.3 is 15.0 Å². The molecule has 0 radical (unpaired) electrons. The quantitative estimate of drug-likeness (QED) is 0.417. The maximum atomic E-state index is 5.48. The van der Waals surface area contributed by atoms with Crippen molar-refractivity contribution < 1.29 is 4.74 Å². The lowest BCUT2D eigenvalue weighted by atomic mass is 10.1. The van der Waals surface area contributed by atoms with Gasteiger partial charge in [0.2, 0.25) is 0 Å². The molecule has 27 heavy (non-hydrogen) atoms. The van der Waals surface area contributed by atoms with E-state index < -0.39 is 0 Å². The minimum atomic E-state index is 0. The van der Waals surface area contributed by atoms with Crippen LogP contribution in [0.15, 0.2) is 47.5 Å². The third-order valence-corrected chi connectivity index (χ3v) is 5.50. The molecule has 2 fully saturated rings. The standard InChI is InChI=1S/C21H28N4O.HI/c1-22-21(25-9-8-20(16-25)24-10-12-26-13-11-24)23-15-17-6-7-18-4-2-3-5-19(18)14-17;/h2-7,14,20H,8-13,15-16H2,1H3,(H,22,23);1H. The van der Waals surface area contributed by atoms with Crippen molar-refractivity contribution in [2.45, 2.75) is 19.0 Å². The molecular formula is C21H29IN4O. The first-order valence-electron chi connectivity index (χ1n) is 9.58. The Morgan fingerprint density at radius 1 is 1.11 bits per heavy atom. The summed E-state index contributed by atoms with van der Waals surface area (Å²) in [4.78, 5) is 9.47. The van der Waals surface area contributed by atoms with E-state index in [2.05, 4.69) is 62.6 Å². The maximum absolute atomic E-state index is 5.48. The van der Waals surface area contributed by atoms with E-state index >= 15 is 0 Å². The summed E-state index contributed by atoms with van der Waals surface area (Å²) in [5.74, 6) is 1.01. The molecule has 0 aliphatic carbocycles. The van der Waals surface area contributed by atoms with Crippen LogP contribution in [0.1, 0.15) is 12.0 Å². The molecule has 2 aromatic rings. The van der Waals surface area contributed by atoms with Gasteiger partial charge in [-0.2, -0.15) is 0 Å². The van der Waals surface area contributed by atoms with Crippen LogP contribution >= 0.6 is 24.0 Å². The molecule has 0 bridgehead atoms. The molecule has 1 N–H and O–H groups in total. The van der Waals surface area contributed by atoms with Crippen molar-refractivity contribution in [3.63, 3.8) is 0 Å². The van der Waals surface area contributed by atoms with Crippen LogP contribution in [0.3, 0.4) is 0 Å². The second-order valence-corrected chi connectivity index (χ2v) is 7.12. The fourth-order valence-corrected chi connectivity index (χ4v) is 4.04. The summed E-state index contributed by atoms with van der Waals surface area (Å²) < 4.78 is 5.48. The Labute approximate surface area is 178 Å². The Morgan fingerprint density at radius 3 is 2.67 bits per heavy atom. The van der Waals surface area contributed by atoms with E-state index in [-0.39, 0.29) is 24.0 Å². The summed E-state index contributed by atoms with van der Waals surface area (Å²) in [5, 5.41) is 6.12. The Bertz CT molecular complexity index is 776. The lowest BCUT2D eigenvalue weighted by molar-refractivity contribution is 0.0195. The molecule has 0 saturated carbocycles. The monoisotopic (exact) mass is 480 g/mol. The van der Waals surface area contributed by atoms with Crippen LogP contribution in [0.25, 0.3) is 10.8 Å². The van der Waals surface area contributed by atoms with Gasteiger partial charge in [-0.3, -0.25) is 9.89 Å². The molecule has 2 aliphatic heterocycles. The van der Waals surface area contributed by atoms with E-state index in [1.165, 1.54) is 22.8 Å². The molecule has 146 valence electrons. The molecule has 1 atom stereocenters. The first-order valence-corrected chi connectivity index (χ1v) is 9.58. The Balaban J connectivity index is 0.00000210. The molecule has 2 saturated heterocycles. The van der Waals surface area contributed by atoms with Gasteiger partial charge in [0.15, 0.2) is 5.96 Å². The Kier molecular flexibility index (Phi) is 7.32. The van der Waals surface area contributed by atoms with Crippen LogP contribution in [0, 0.1) is 0 Å². The maximum Gasteiger partial charge on any atom is 0.193 e. The highest BCUT2D eigenvalue weighted by Gasteiger charge is 2.30. The summed E-state index contributed by atoms with van der Waals surface area (Å²) in [6.07, 6.45) is 1.21.